The molecule has 8 heteroatoms. The number of rotatable bonds is 12. The number of nitrogens with one attached hydrogen (secondary N) is 2. The zero-order valence-electron chi connectivity index (χ0n) is 18.3. The summed E-state index contributed by atoms with van der Waals surface area (Å²) in [5.74, 6) is -1.26. The number of ether oxygens (including phenoxy) is 2. The van der Waals surface area contributed by atoms with Gasteiger partial charge < -0.3 is 20.1 Å². The summed E-state index contributed by atoms with van der Waals surface area (Å²) in [5.41, 5.74) is 2.79. The van der Waals surface area contributed by atoms with Gasteiger partial charge in [-0.25, -0.2) is 0 Å². The fourth-order valence-corrected chi connectivity index (χ4v) is 3.06. The third-order valence-corrected chi connectivity index (χ3v) is 4.80. The molecule has 0 aliphatic rings. The third-order valence-electron chi connectivity index (χ3n) is 4.80. The number of anilines is 2. The maximum absolute atomic E-state index is 12.5. The van der Waals surface area contributed by atoms with E-state index in [4.69, 9.17) is 0 Å². The van der Waals surface area contributed by atoms with Crippen LogP contribution in [-0.4, -0.2) is 44.4 Å². The third kappa shape index (κ3) is 7.86. The first-order chi connectivity index (χ1) is 15.4. The van der Waals surface area contributed by atoms with Gasteiger partial charge in [-0.05, 0) is 30.2 Å². The lowest BCUT2D eigenvalue weighted by atomic mass is 10.0. The molecule has 2 N–H and O–H groups in total. The van der Waals surface area contributed by atoms with E-state index in [2.05, 4.69) is 20.1 Å². The Hall–Kier alpha value is -3.68. The normalized spacial score (nSPS) is 10.2. The zero-order chi connectivity index (χ0) is 23.3. The van der Waals surface area contributed by atoms with Crippen LogP contribution in [0.4, 0.5) is 11.4 Å². The van der Waals surface area contributed by atoms with Crippen LogP contribution >= 0.6 is 0 Å². The van der Waals surface area contributed by atoms with Crippen LogP contribution in [-0.2, 0) is 30.3 Å². The Bertz CT molecular complexity index is 957. The lowest BCUT2D eigenvalue weighted by molar-refractivity contribution is -0.142. The van der Waals surface area contributed by atoms with Crippen LogP contribution in [0.5, 0.6) is 0 Å². The van der Waals surface area contributed by atoms with E-state index < -0.39 is 11.9 Å². The number of methoxy groups -OCH3 is 2. The van der Waals surface area contributed by atoms with E-state index in [1.54, 1.807) is 18.2 Å². The number of ketones is 1. The molecule has 32 heavy (non-hydrogen) atoms. The van der Waals surface area contributed by atoms with Crippen molar-refractivity contribution in [1.82, 2.24) is 0 Å². The van der Waals surface area contributed by atoms with Crippen LogP contribution in [0, 0.1) is 0 Å². The molecule has 0 aliphatic carbocycles. The van der Waals surface area contributed by atoms with Crippen molar-refractivity contribution in [3.05, 3.63) is 59.7 Å². The Balaban J connectivity index is 1.96. The van der Waals surface area contributed by atoms with Gasteiger partial charge in [0.15, 0.2) is 5.78 Å². The molecule has 170 valence electrons. The Morgan fingerprint density at radius 3 is 2.03 bits per heavy atom. The highest BCUT2D eigenvalue weighted by Crippen LogP contribution is 2.20. The highest BCUT2D eigenvalue weighted by molar-refractivity contribution is 6.02. The second kappa shape index (κ2) is 12.9. The van der Waals surface area contributed by atoms with Crippen molar-refractivity contribution in [3.63, 3.8) is 0 Å². The summed E-state index contributed by atoms with van der Waals surface area (Å²) in [7, 11) is 2.58. The molecular weight excluding hydrogens is 412 g/mol. The summed E-state index contributed by atoms with van der Waals surface area (Å²) in [6, 6.07) is 14.5. The monoisotopic (exact) mass is 440 g/mol. The zero-order valence-corrected chi connectivity index (χ0v) is 18.3. The number of carbonyl (C=O) groups is 4. The van der Waals surface area contributed by atoms with Crippen molar-refractivity contribution in [2.24, 2.45) is 0 Å². The first-order valence-corrected chi connectivity index (χ1v) is 10.3. The number of amides is 1. The lowest BCUT2D eigenvalue weighted by Crippen LogP contribution is -2.16. The molecule has 0 spiro atoms. The maximum atomic E-state index is 12.5. The average Bonchev–Trinajstić information content (AvgIpc) is 2.82. The van der Waals surface area contributed by atoms with Crippen LogP contribution in [0.1, 0.15) is 41.6 Å². The van der Waals surface area contributed by atoms with Gasteiger partial charge in [-0.2, -0.15) is 0 Å². The quantitative estimate of drug-likeness (QED) is 0.384. The second-order valence-electron chi connectivity index (χ2n) is 7.00. The van der Waals surface area contributed by atoms with Crippen molar-refractivity contribution in [2.45, 2.75) is 32.1 Å². The molecule has 0 aliphatic heterocycles. The summed E-state index contributed by atoms with van der Waals surface area (Å²) in [6.07, 6.45) is 0.768. The largest absolute Gasteiger partial charge is 0.469 e. The van der Waals surface area contributed by atoms with Gasteiger partial charge in [0.25, 0.3) is 0 Å². The van der Waals surface area contributed by atoms with E-state index in [1.165, 1.54) is 14.2 Å². The number of hydrogen-bond donors (Lipinski definition) is 2. The topological polar surface area (TPSA) is 111 Å². The second-order valence-corrected chi connectivity index (χ2v) is 7.00. The molecule has 0 heterocycles. The fourth-order valence-electron chi connectivity index (χ4n) is 3.06. The van der Waals surface area contributed by atoms with E-state index >= 15 is 0 Å². The molecule has 0 radical (unpaired) electrons. The van der Waals surface area contributed by atoms with E-state index in [-0.39, 0.29) is 37.4 Å². The van der Waals surface area contributed by atoms with Crippen LogP contribution in [0.15, 0.2) is 48.5 Å². The van der Waals surface area contributed by atoms with Gasteiger partial charge in [0.2, 0.25) is 5.91 Å². The Labute approximate surface area is 187 Å². The summed E-state index contributed by atoms with van der Waals surface area (Å²) < 4.78 is 9.15. The van der Waals surface area contributed by atoms with Gasteiger partial charge in [-0.3, -0.25) is 19.2 Å². The lowest BCUT2D eigenvalue weighted by Gasteiger charge is -2.14. The first-order valence-electron chi connectivity index (χ1n) is 10.3. The minimum atomic E-state index is -0.433. The summed E-state index contributed by atoms with van der Waals surface area (Å²) in [5, 5.41) is 6.09. The van der Waals surface area contributed by atoms with Gasteiger partial charge in [0, 0.05) is 36.3 Å². The maximum Gasteiger partial charge on any atom is 0.306 e. The molecule has 2 aromatic rings. The summed E-state index contributed by atoms with van der Waals surface area (Å²) >= 11 is 0. The van der Waals surface area contributed by atoms with E-state index in [0.717, 1.165) is 5.56 Å². The van der Waals surface area contributed by atoms with Crippen LogP contribution in [0.25, 0.3) is 0 Å². The molecule has 2 rings (SSSR count). The van der Waals surface area contributed by atoms with Gasteiger partial charge >= 0.3 is 11.9 Å². The Morgan fingerprint density at radius 1 is 0.750 bits per heavy atom. The van der Waals surface area contributed by atoms with Crippen molar-refractivity contribution in [3.8, 4) is 0 Å². The van der Waals surface area contributed by atoms with Gasteiger partial charge in [-0.15, -0.1) is 0 Å². The van der Waals surface area contributed by atoms with Crippen LogP contribution < -0.4 is 10.6 Å². The number of Topliss-reactive ketones (excluding diaryl/α,β-unsaturated/α-hetero) is 1. The van der Waals surface area contributed by atoms with E-state index in [0.29, 0.717) is 29.9 Å². The van der Waals surface area contributed by atoms with E-state index in [9.17, 15) is 19.2 Å². The number of hydrogen-bond acceptors (Lipinski definition) is 7. The predicted octanol–water partition coefficient (Wildman–Crippen LogP) is 3.37. The number of benzene rings is 2. The summed E-state index contributed by atoms with van der Waals surface area (Å²) in [6.45, 7) is 0.524. The highest BCUT2D eigenvalue weighted by Gasteiger charge is 2.14. The minimum Gasteiger partial charge on any atom is -0.469 e. The molecule has 0 fully saturated rings. The number of para-hydroxylation sites is 2. The van der Waals surface area contributed by atoms with Crippen LogP contribution in [0.3, 0.4) is 0 Å². The smallest absolute Gasteiger partial charge is 0.306 e. The molecular formula is C24H28N2O6. The van der Waals surface area contributed by atoms with E-state index in [1.807, 2.05) is 30.3 Å². The molecule has 0 saturated carbocycles. The number of esters is 2. The van der Waals surface area contributed by atoms with Gasteiger partial charge in [0.05, 0.1) is 27.1 Å². The SMILES string of the molecule is COC(=O)CCC(=O)Nc1ccccc1CCNc1ccccc1C(=O)CCC(=O)OC. The first kappa shape index (κ1) is 24.6. The number of carbonyl (C=O) groups excluding carboxylic acids is 4. The molecule has 8 nitrogen and oxygen atoms in total. The van der Waals surface area contributed by atoms with Gasteiger partial charge in [-0.1, -0.05) is 30.3 Å². The van der Waals surface area contributed by atoms with Gasteiger partial charge in [0.1, 0.15) is 0 Å². The summed E-state index contributed by atoms with van der Waals surface area (Å²) in [4.78, 5) is 47.2. The molecule has 0 aromatic heterocycles. The fraction of sp³-hybridized carbons (Fsp3) is 0.333. The average molecular weight is 440 g/mol. The van der Waals surface area contributed by atoms with Crippen molar-refractivity contribution in [2.75, 3.05) is 31.4 Å². The Kier molecular flexibility index (Phi) is 9.90. The van der Waals surface area contributed by atoms with Crippen molar-refractivity contribution in [1.29, 1.82) is 0 Å². The van der Waals surface area contributed by atoms with Crippen molar-refractivity contribution >= 4 is 35.0 Å². The molecule has 0 saturated heterocycles. The van der Waals surface area contributed by atoms with Crippen molar-refractivity contribution < 1.29 is 28.7 Å². The minimum absolute atomic E-state index is 0.0207. The highest BCUT2D eigenvalue weighted by atomic mass is 16.5. The molecule has 2 aromatic carbocycles. The molecule has 0 atom stereocenters. The molecule has 0 unspecified atom stereocenters. The standard InChI is InChI=1S/C24H28N2O6/c1-31-23(29)13-11-21(27)18-8-4-6-10-20(18)25-16-15-17-7-3-5-9-19(17)26-22(28)12-14-24(30)32-2/h3-10,25H,11-16H2,1-2H3,(H,26,28). The molecule has 1 amide bonds. The predicted molar refractivity (Wildman–Crippen MR) is 121 cm³/mol. The molecule has 0 bridgehead atoms. The van der Waals surface area contributed by atoms with Crippen LogP contribution in [0.2, 0.25) is 0 Å². The Morgan fingerprint density at radius 2 is 1.34 bits per heavy atom.